The summed E-state index contributed by atoms with van der Waals surface area (Å²) in [4.78, 5) is 16.7. The molecule has 3 heterocycles. The van der Waals surface area contributed by atoms with Gasteiger partial charge in [-0.3, -0.25) is 9.78 Å². The van der Waals surface area contributed by atoms with Crippen LogP contribution in [0.3, 0.4) is 0 Å². The zero-order chi connectivity index (χ0) is 22.3. The summed E-state index contributed by atoms with van der Waals surface area (Å²) in [7, 11) is 3.28. The Bertz CT molecular complexity index is 786. The van der Waals surface area contributed by atoms with Gasteiger partial charge in [-0.2, -0.15) is 0 Å². The fraction of sp³-hybridized carbons (Fsp3) is 0.700. The minimum atomic E-state index is -2.03. The molecule has 0 bridgehead atoms. The largest absolute Gasteiger partial charge is 0.390 e. The fourth-order valence-electron chi connectivity index (χ4n) is 4.75. The van der Waals surface area contributed by atoms with Gasteiger partial charge in [0.05, 0.1) is 30.3 Å². The third-order valence-electron chi connectivity index (χ3n) is 6.35. The van der Waals surface area contributed by atoms with Crippen LogP contribution in [0.2, 0.25) is 0 Å². The predicted octanol–water partition coefficient (Wildman–Crippen LogP) is -2.30. The van der Waals surface area contributed by atoms with Crippen molar-refractivity contribution in [2.75, 3.05) is 14.1 Å². The van der Waals surface area contributed by atoms with Crippen LogP contribution in [0.5, 0.6) is 0 Å². The molecule has 0 radical (unpaired) electrons. The van der Waals surface area contributed by atoms with E-state index < -0.39 is 60.5 Å². The van der Waals surface area contributed by atoms with Gasteiger partial charge < -0.3 is 45.5 Å². The van der Waals surface area contributed by atoms with Gasteiger partial charge in [0, 0.05) is 6.20 Å². The third-order valence-corrected chi connectivity index (χ3v) is 6.35. The molecule has 6 N–H and O–H groups in total. The second kappa shape index (κ2) is 8.68. The van der Waals surface area contributed by atoms with Crippen molar-refractivity contribution in [2.24, 2.45) is 0 Å². The number of nitrogens with one attached hydrogen (secondary N) is 3. The molecule has 2 saturated heterocycles. The van der Waals surface area contributed by atoms with Crippen LogP contribution in [0.25, 0.3) is 0 Å². The molecular formula is C20H30N4O7. The first-order chi connectivity index (χ1) is 14.8. The van der Waals surface area contributed by atoms with Crippen LogP contribution in [-0.4, -0.2) is 101 Å². The number of aliphatic hydroxyl groups is 3. The standard InChI is InChI=1S/C20H30N4O7/c1-9-8-11(24-18(27)10-6-4-5-7-23-10)20(28)19(29-9)30-17-15(26)12(21-2)14(25)13(22-3)16(17)31-20/h4-7,9,11-17,19,21-22,25-26,28H,8H2,1-3H3,(H,24,27)/t9-,11-,12-,13+,14+,15-,16?,17?,19?,20+/m1/s1. The van der Waals surface area contributed by atoms with Crippen molar-refractivity contribution in [1.29, 1.82) is 0 Å². The number of ether oxygens (including phenoxy) is 3. The minimum Gasteiger partial charge on any atom is -0.390 e. The van der Waals surface area contributed by atoms with Crippen molar-refractivity contribution in [3.05, 3.63) is 30.1 Å². The topological polar surface area (TPSA) is 154 Å². The summed E-state index contributed by atoms with van der Waals surface area (Å²) >= 11 is 0. The van der Waals surface area contributed by atoms with E-state index in [0.717, 1.165) is 0 Å². The SMILES string of the molecule is CN[C@@H]1[C@H](O)[C@H](NC)C2O[C@]3(O)C(OC2[C@@H]1O)O[C@H](C)C[C@H]3NC(=O)c1ccccn1. The normalized spacial score (nSPS) is 44.8. The summed E-state index contributed by atoms with van der Waals surface area (Å²) in [5.41, 5.74) is 0.199. The van der Waals surface area contributed by atoms with E-state index in [1.165, 1.54) is 6.20 Å². The third kappa shape index (κ3) is 3.85. The second-order valence-electron chi connectivity index (χ2n) is 8.30. The first kappa shape index (κ1) is 22.5. The molecule has 1 aliphatic carbocycles. The molecule has 1 saturated carbocycles. The molecule has 1 aromatic rings. The summed E-state index contributed by atoms with van der Waals surface area (Å²) in [5.74, 6) is -2.50. The Kier molecular flexibility index (Phi) is 6.30. The Morgan fingerprint density at radius 2 is 1.87 bits per heavy atom. The molecule has 3 fully saturated rings. The summed E-state index contributed by atoms with van der Waals surface area (Å²) < 4.78 is 17.9. The van der Waals surface area contributed by atoms with Crippen LogP contribution < -0.4 is 16.0 Å². The predicted molar refractivity (Wildman–Crippen MR) is 107 cm³/mol. The molecule has 2 aliphatic heterocycles. The number of aromatic nitrogens is 1. The van der Waals surface area contributed by atoms with Gasteiger partial charge in [0.25, 0.3) is 5.91 Å². The fourth-order valence-corrected chi connectivity index (χ4v) is 4.75. The Hall–Kier alpha value is -1.70. The van der Waals surface area contributed by atoms with Gasteiger partial charge >= 0.3 is 0 Å². The number of likely N-dealkylation sites (N-methyl/N-ethyl adjacent to an activating group) is 2. The van der Waals surface area contributed by atoms with Crippen LogP contribution >= 0.6 is 0 Å². The average molecular weight is 438 g/mol. The van der Waals surface area contributed by atoms with Gasteiger partial charge in [0.2, 0.25) is 12.1 Å². The Labute approximate surface area is 180 Å². The molecular weight excluding hydrogens is 408 g/mol. The van der Waals surface area contributed by atoms with Gasteiger partial charge in [-0.05, 0) is 39.6 Å². The number of hydrogen-bond donors (Lipinski definition) is 6. The molecule has 11 nitrogen and oxygen atoms in total. The lowest BCUT2D eigenvalue weighted by atomic mass is 9.79. The number of carbonyl (C=O) groups excluding carboxylic acids is 1. The lowest BCUT2D eigenvalue weighted by Crippen LogP contribution is -2.79. The van der Waals surface area contributed by atoms with E-state index in [9.17, 15) is 20.1 Å². The number of hydrogen-bond acceptors (Lipinski definition) is 10. The number of rotatable bonds is 4. The Morgan fingerprint density at radius 1 is 1.13 bits per heavy atom. The highest BCUT2D eigenvalue weighted by Crippen LogP contribution is 2.42. The lowest BCUT2D eigenvalue weighted by molar-refractivity contribution is -0.448. The summed E-state index contributed by atoms with van der Waals surface area (Å²) in [6.45, 7) is 1.79. The number of nitrogens with zero attached hydrogens (tertiary/aromatic N) is 1. The van der Waals surface area contributed by atoms with Crippen molar-refractivity contribution in [3.63, 3.8) is 0 Å². The summed E-state index contributed by atoms with van der Waals surface area (Å²) in [6.07, 6.45) is -3.72. The van der Waals surface area contributed by atoms with E-state index in [4.69, 9.17) is 14.2 Å². The highest BCUT2D eigenvalue weighted by molar-refractivity contribution is 5.92. The summed E-state index contributed by atoms with van der Waals surface area (Å²) in [6, 6.07) is 2.76. The maximum Gasteiger partial charge on any atom is 0.270 e. The van der Waals surface area contributed by atoms with E-state index in [1.54, 1.807) is 39.2 Å². The van der Waals surface area contributed by atoms with Crippen molar-refractivity contribution in [3.8, 4) is 0 Å². The van der Waals surface area contributed by atoms with Crippen LogP contribution in [0.4, 0.5) is 0 Å². The highest BCUT2D eigenvalue weighted by atomic mass is 16.8. The molecule has 31 heavy (non-hydrogen) atoms. The van der Waals surface area contributed by atoms with E-state index >= 15 is 0 Å². The van der Waals surface area contributed by atoms with Crippen molar-refractivity contribution in [2.45, 2.75) is 74.1 Å². The lowest BCUT2D eigenvalue weighted by Gasteiger charge is -2.58. The molecule has 3 unspecified atom stereocenters. The molecule has 172 valence electrons. The summed E-state index contributed by atoms with van der Waals surface area (Å²) in [5, 5.41) is 41.7. The average Bonchev–Trinajstić information content (AvgIpc) is 2.75. The zero-order valence-electron chi connectivity index (χ0n) is 17.6. The first-order valence-corrected chi connectivity index (χ1v) is 10.4. The van der Waals surface area contributed by atoms with Crippen LogP contribution in [0.1, 0.15) is 23.8 Å². The first-order valence-electron chi connectivity index (χ1n) is 10.4. The second-order valence-corrected chi connectivity index (χ2v) is 8.30. The Morgan fingerprint density at radius 3 is 2.52 bits per heavy atom. The van der Waals surface area contributed by atoms with E-state index in [2.05, 4.69) is 20.9 Å². The number of fused-ring (bicyclic) bond motifs is 2. The van der Waals surface area contributed by atoms with Crippen molar-refractivity contribution >= 4 is 5.91 Å². The molecule has 0 aromatic carbocycles. The van der Waals surface area contributed by atoms with Gasteiger partial charge in [0.1, 0.15) is 24.0 Å². The number of pyridine rings is 1. The highest BCUT2D eigenvalue weighted by Gasteiger charge is 2.63. The molecule has 1 amide bonds. The van der Waals surface area contributed by atoms with Gasteiger partial charge in [-0.25, -0.2) is 0 Å². The van der Waals surface area contributed by atoms with Gasteiger partial charge in [-0.1, -0.05) is 6.07 Å². The van der Waals surface area contributed by atoms with Crippen molar-refractivity contribution < 1.29 is 34.3 Å². The molecule has 10 atom stereocenters. The maximum atomic E-state index is 12.7. The van der Waals surface area contributed by atoms with Crippen molar-refractivity contribution in [1.82, 2.24) is 20.9 Å². The molecule has 4 rings (SSSR count). The van der Waals surface area contributed by atoms with Crippen LogP contribution in [0, 0.1) is 0 Å². The van der Waals surface area contributed by atoms with E-state index in [1.807, 2.05) is 0 Å². The quantitative estimate of drug-likeness (QED) is 0.302. The smallest absolute Gasteiger partial charge is 0.270 e. The van der Waals surface area contributed by atoms with E-state index in [-0.39, 0.29) is 18.2 Å². The van der Waals surface area contributed by atoms with Crippen LogP contribution in [0.15, 0.2) is 24.4 Å². The molecule has 1 aromatic heterocycles. The molecule has 11 heteroatoms. The number of amides is 1. The van der Waals surface area contributed by atoms with Gasteiger partial charge in [-0.15, -0.1) is 0 Å². The number of aliphatic hydroxyl groups excluding tert-OH is 2. The molecule has 3 aliphatic rings. The van der Waals surface area contributed by atoms with Crippen LogP contribution in [-0.2, 0) is 14.2 Å². The molecule has 0 spiro atoms. The van der Waals surface area contributed by atoms with E-state index in [0.29, 0.717) is 0 Å². The maximum absolute atomic E-state index is 12.7. The minimum absolute atomic E-state index is 0.199. The number of carbonyl (C=O) groups is 1. The zero-order valence-corrected chi connectivity index (χ0v) is 17.6. The monoisotopic (exact) mass is 438 g/mol. The Balaban J connectivity index is 1.61. The van der Waals surface area contributed by atoms with Gasteiger partial charge in [0.15, 0.2) is 0 Å².